The molecule has 0 bridgehead atoms. The number of nitrogens with one attached hydrogen (secondary N) is 2. The zero-order valence-corrected chi connectivity index (χ0v) is 13.7. The molecule has 3 rings (SSSR count). The second-order valence-corrected chi connectivity index (χ2v) is 5.30. The molecular formula is C18H15F3N4O. The Balaban J connectivity index is 1.95. The van der Waals surface area contributed by atoms with Crippen LogP contribution in [-0.2, 0) is 6.18 Å². The van der Waals surface area contributed by atoms with Gasteiger partial charge in [-0.15, -0.1) is 0 Å². The fourth-order valence-electron chi connectivity index (χ4n) is 2.23. The van der Waals surface area contributed by atoms with E-state index in [1.165, 1.54) is 7.11 Å². The van der Waals surface area contributed by atoms with Crippen molar-refractivity contribution in [3.05, 3.63) is 66.4 Å². The summed E-state index contributed by atoms with van der Waals surface area (Å²) in [6.45, 7) is 0. The minimum atomic E-state index is -4.59. The van der Waals surface area contributed by atoms with Crippen molar-refractivity contribution < 1.29 is 17.9 Å². The van der Waals surface area contributed by atoms with E-state index in [1.807, 2.05) is 6.07 Å². The van der Waals surface area contributed by atoms with Gasteiger partial charge in [0.25, 0.3) is 0 Å². The molecule has 0 radical (unpaired) electrons. The van der Waals surface area contributed by atoms with Crippen LogP contribution in [0, 0.1) is 0 Å². The topological polar surface area (TPSA) is 59.1 Å². The van der Waals surface area contributed by atoms with Crippen LogP contribution >= 0.6 is 0 Å². The molecule has 0 aliphatic heterocycles. The molecule has 8 heteroatoms. The number of ether oxygens (including phenoxy) is 1. The van der Waals surface area contributed by atoms with Gasteiger partial charge < -0.3 is 15.4 Å². The van der Waals surface area contributed by atoms with Crippen LogP contribution in [0.2, 0.25) is 0 Å². The number of anilines is 4. The standard InChI is InChI=1S/C18H15F3N4O/c1-26-14-9-5-8-13(10-14)23-16-15(18(19,20)21)11-22-17(25-16)24-12-6-3-2-4-7-12/h2-11H,1H3,(H2,22,23,24,25). The molecule has 2 aromatic carbocycles. The molecule has 134 valence electrons. The number of halogens is 3. The zero-order valence-electron chi connectivity index (χ0n) is 13.7. The number of alkyl halides is 3. The van der Waals surface area contributed by atoms with Crippen molar-refractivity contribution in [3.8, 4) is 5.75 Å². The Morgan fingerprint density at radius 2 is 1.65 bits per heavy atom. The molecule has 1 heterocycles. The van der Waals surface area contributed by atoms with Gasteiger partial charge in [-0.25, -0.2) is 4.98 Å². The van der Waals surface area contributed by atoms with Crippen LogP contribution in [0.25, 0.3) is 0 Å². The van der Waals surface area contributed by atoms with Gasteiger partial charge >= 0.3 is 6.18 Å². The molecule has 0 aliphatic rings. The number of hydrogen-bond donors (Lipinski definition) is 2. The normalized spacial score (nSPS) is 11.1. The van der Waals surface area contributed by atoms with E-state index in [2.05, 4.69) is 20.6 Å². The van der Waals surface area contributed by atoms with Crippen molar-refractivity contribution in [3.63, 3.8) is 0 Å². The van der Waals surface area contributed by atoms with Gasteiger partial charge in [0.05, 0.1) is 7.11 Å². The molecule has 2 N–H and O–H groups in total. The first kappa shape index (κ1) is 17.5. The molecule has 0 aliphatic carbocycles. The van der Waals surface area contributed by atoms with Gasteiger partial charge in [-0.3, -0.25) is 0 Å². The molecule has 0 atom stereocenters. The van der Waals surface area contributed by atoms with Gasteiger partial charge in [-0.1, -0.05) is 24.3 Å². The number of para-hydroxylation sites is 1. The molecule has 0 saturated heterocycles. The number of aromatic nitrogens is 2. The highest BCUT2D eigenvalue weighted by Gasteiger charge is 2.35. The lowest BCUT2D eigenvalue weighted by Gasteiger charge is -2.15. The third kappa shape index (κ3) is 4.21. The van der Waals surface area contributed by atoms with E-state index in [9.17, 15) is 13.2 Å². The number of nitrogens with zero attached hydrogens (tertiary/aromatic N) is 2. The Morgan fingerprint density at radius 3 is 2.35 bits per heavy atom. The third-order valence-electron chi connectivity index (χ3n) is 3.46. The molecular weight excluding hydrogens is 345 g/mol. The smallest absolute Gasteiger partial charge is 0.421 e. The van der Waals surface area contributed by atoms with Crippen LogP contribution in [0.3, 0.4) is 0 Å². The summed E-state index contributed by atoms with van der Waals surface area (Å²) in [5.41, 5.74) is 0.123. The maximum Gasteiger partial charge on any atom is 0.421 e. The molecule has 0 unspecified atom stereocenters. The lowest BCUT2D eigenvalue weighted by molar-refractivity contribution is -0.137. The van der Waals surface area contributed by atoms with Gasteiger partial charge in [-0.05, 0) is 24.3 Å². The van der Waals surface area contributed by atoms with E-state index < -0.39 is 11.7 Å². The second-order valence-electron chi connectivity index (χ2n) is 5.30. The van der Waals surface area contributed by atoms with Crippen LogP contribution < -0.4 is 15.4 Å². The Bertz CT molecular complexity index is 885. The van der Waals surface area contributed by atoms with E-state index in [-0.39, 0.29) is 11.8 Å². The van der Waals surface area contributed by atoms with Crippen LogP contribution in [0.5, 0.6) is 5.75 Å². The highest BCUT2D eigenvalue weighted by Crippen LogP contribution is 2.35. The second kappa shape index (κ2) is 7.30. The van der Waals surface area contributed by atoms with Gasteiger partial charge in [0, 0.05) is 23.6 Å². The van der Waals surface area contributed by atoms with Gasteiger partial charge in [0.1, 0.15) is 17.1 Å². The zero-order chi connectivity index (χ0) is 18.6. The largest absolute Gasteiger partial charge is 0.497 e. The highest BCUT2D eigenvalue weighted by molar-refractivity contribution is 5.63. The SMILES string of the molecule is COc1cccc(Nc2nc(Nc3ccccc3)ncc2C(F)(F)F)c1. The summed E-state index contributed by atoms with van der Waals surface area (Å²) in [4.78, 5) is 7.76. The Kier molecular flexibility index (Phi) is 4.92. The molecule has 0 spiro atoms. The summed E-state index contributed by atoms with van der Waals surface area (Å²) in [5.74, 6) is 0.217. The van der Waals surface area contributed by atoms with Crippen molar-refractivity contribution in [1.29, 1.82) is 0 Å². The summed E-state index contributed by atoms with van der Waals surface area (Å²) in [7, 11) is 1.48. The number of methoxy groups -OCH3 is 1. The molecule has 1 aromatic heterocycles. The Morgan fingerprint density at radius 1 is 0.923 bits per heavy atom. The van der Waals surface area contributed by atoms with Crippen molar-refractivity contribution in [1.82, 2.24) is 9.97 Å². The van der Waals surface area contributed by atoms with Gasteiger partial charge in [0.2, 0.25) is 5.95 Å². The predicted octanol–water partition coefficient (Wildman–Crippen LogP) is 4.99. The number of rotatable bonds is 5. The highest BCUT2D eigenvalue weighted by atomic mass is 19.4. The molecule has 0 saturated carbocycles. The monoisotopic (exact) mass is 360 g/mol. The van der Waals surface area contributed by atoms with Crippen molar-refractivity contribution in [2.24, 2.45) is 0 Å². The predicted molar refractivity (Wildman–Crippen MR) is 93.0 cm³/mol. The van der Waals surface area contributed by atoms with Gasteiger partial charge in [-0.2, -0.15) is 18.2 Å². The lowest BCUT2D eigenvalue weighted by atomic mass is 10.2. The van der Waals surface area contributed by atoms with E-state index in [0.717, 1.165) is 6.20 Å². The molecule has 26 heavy (non-hydrogen) atoms. The summed E-state index contributed by atoms with van der Waals surface area (Å²) in [6, 6.07) is 15.5. The molecule has 5 nitrogen and oxygen atoms in total. The average molecular weight is 360 g/mol. The first-order chi connectivity index (χ1) is 12.5. The number of hydrogen-bond acceptors (Lipinski definition) is 5. The molecule has 0 fully saturated rings. The first-order valence-corrected chi connectivity index (χ1v) is 7.63. The summed E-state index contributed by atoms with van der Waals surface area (Å²) in [6.07, 6.45) is -3.84. The minimum absolute atomic E-state index is 0.0506. The lowest BCUT2D eigenvalue weighted by Crippen LogP contribution is -2.12. The summed E-state index contributed by atoms with van der Waals surface area (Å²) in [5, 5.41) is 5.57. The number of benzene rings is 2. The van der Waals surface area contributed by atoms with Crippen molar-refractivity contribution in [2.45, 2.75) is 6.18 Å². The summed E-state index contributed by atoms with van der Waals surface area (Å²) >= 11 is 0. The van der Waals surface area contributed by atoms with Crippen molar-refractivity contribution >= 4 is 23.1 Å². The Labute approximate surface area is 147 Å². The fourth-order valence-corrected chi connectivity index (χ4v) is 2.23. The van der Waals surface area contributed by atoms with Crippen molar-refractivity contribution in [2.75, 3.05) is 17.7 Å². The van der Waals surface area contributed by atoms with Crippen LogP contribution in [0.1, 0.15) is 5.56 Å². The third-order valence-corrected chi connectivity index (χ3v) is 3.46. The Hall–Kier alpha value is -3.29. The average Bonchev–Trinajstić information content (AvgIpc) is 2.62. The maximum atomic E-state index is 13.3. The van der Waals surface area contributed by atoms with E-state index >= 15 is 0 Å². The summed E-state index contributed by atoms with van der Waals surface area (Å²) < 4.78 is 45.0. The van der Waals surface area contributed by atoms with E-state index in [0.29, 0.717) is 17.1 Å². The molecule has 0 amide bonds. The van der Waals surface area contributed by atoms with Gasteiger partial charge in [0.15, 0.2) is 0 Å². The quantitative estimate of drug-likeness (QED) is 0.671. The van der Waals surface area contributed by atoms with E-state index in [4.69, 9.17) is 4.74 Å². The maximum absolute atomic E-state index is 13.3. The first-order valence-electron chi connectivity index (χ1n) is 7.63. The minimum Gasteiger partial charge on any atom is -0.497 e. The molecule has 3 aromatic rings. The van der Waals surface area contributed by atoms with E-state index in [1.54, 1.807) is 48.5 Å². The van der Waals surface area contributed by atoms with Crippen LogP contribution in [-0.4, -0.2) is 17.1 Å². The van der Waals surface area contributed by atoms with Crippen LogP contribution in [0.4, 0.5) is 36.3 Å². The van der Waals surface area contributed by atoms with Crippen LogP contribution in [0.15, 0.2) is 60.8 Å². The fraction of sp³-hybridized carbons (Fsp3) is 0.111.